The number of ether oxygens (including phenoxy) is 1. The molecule has 0 aliphatic carbocycles. The van der Waals surface area contributed by atoms with Gasteiger partial charge in [0.1, 0.15) is 5.75 Å². The van der Waals surface area contributed by atoms with Gasteiger partial charge in [-0.05, 0) is 24.1 Å². The number of hydrogen-bond donors (Lipinski definition) is 3. The van der Waals surface area contributed by atoms with Crippen molar-refractivity contribution in [2.45, 2.75) is 39.3 Å². The summed E-state index contributed by atoms with van der Waals surface area (Å²) in [5.41, 5.74) is 3.87. The normalized spacial score (nSPS) is 18.6. The number of piperazine rings is 1. The Morgan fingerprint density at radius 1 is 1.21 bits per heavy atom. The number of benzene rings is 1. The van der Waals surface area contributed by atoms with Gasteiger partial charge in [-0.25, -0.2) is 0 Å². The average Bonchev–Trinajstić information content (AvgIpc) is 3.09. The van der Waals surface area contributed by atoms with Crippen LogP contribution in [-0.2, 0) is 13.1 Å². The van der Waals surface area contributed by atoms with E-state index in [9.17, 15) is 0 Å². The number of methoxy groups -OCH3 is 1. The molecule has 0 aromatic heterocycles. The van der Waals surface area contributed by atoms with Gasteiger partial charge in [-0.2, -0.15) is 0 Å². The Bertz CT molecular complexity index is 737. The molecule has 2 heterocycles. The van der Waals surface area contributed by atoms with Crippen molar-refractivity contribution in [3.05, 3.63) is 53.5 Å². The highest BCUT2D eigenvalue weighted by molar-refractivity contribution is 6.07. The molecule has 1 aromatic rings. The van der Waals surface area contributed by atoms with Crippen LogP contribution in [0.2, 0.25) is 0 Å². The molecule has 0 saturated carbocycles. The van der Waals surface area contributed by atoms with Crippen molar-refractivity contribution in [3.63, 3.8) is 0 Å². The van der Waals surface area contributed by atoms with Gasteiger partial charge in [0, 0.05) is 57.2 Å². The van der Waals surface area contributed by atoms with Crippen LogP contribution in [0.4, 0.5) is 0 Å². The molecule has 29 heavy (non-hydrogen) atoms. The lowest BCUT2D eigenvalue weighted by atomic mass is 10.1. The molecule has 1 saturated heterocycles. The van der Waals surface area contributed by atoms with Crippen LogP contribution in [0.5, 0.6) is 5.75 Å². The molecule has 158 valence electrons. The van der Waals surface area contributed by atoms with Gasteiger partial charge in [0.2, 0.25) is 0 Å². The molecule has 0 radical (unpaired) electrons. The van der Waals surface area contributed by atoms with Crippen molar-refractivity contribution in [3.8, 4) is 5.75 Å². The molecule has 0 atom stereocenters. The summed E-state index contributed by atoms with van der Waals surface area (Å²) in [6.07, 6.45) is 9.41. The Balaban J connectivity index is 1.63. The summed E-state index contributed by atoms with van der Waals surface area (Å²) >= 11 is 0. The molecule has 3 N–H and O–H groups in total. The van der Waals surface area contributed by atoms with E-state index in [0.717, 1.165) is 62.7 Å². The zero-order valence-corrected chi connectivity index (χ0v) is 17.8. The number of nitrogens with zero attached hydrogens (tertiary/aromatic N) is 2. The standard InChI is InChI=1S/C23H35N5O/c1-3-4-5-9-26-16-22-21(24)8-12-28(22)18-20-7-6-19(15-23(20)29-2)17-27-13-10-25-11-14-27/h6-8,12,15-16,24-26H,3-5,9-11,13-14,17-18H2,1-2H3/b22-16-,24-21?. The van der Waals surface area contributed by atoms with Crippen LogP contribution in [0.3, 0.4) is 0 Å². The Morgan fingerprint density at radius 2 is 2.03 bits per heavy atom. The second-order valence-corrected chi connectivity index (χ2v) is 7.72. The highest BCUT2D eigenvalue weighted by Gasteiger charge is 2.19. The van der Waals surface area contributed by atoms with Gasteiger partial charge in [-0.1, -0.05) is 31.9 Å². The molecular weight excluding hydrogens is 362 g/mol. The van der Waals surface area contributed by atoms with Crippen LogP contribution in [0.15, 0.2) is 42.4 Å². The predicted molar refractivity (Wildman–Crippen MR) is 119 cm³/mol. The van der Waals surface area contributed by atoms with Crippen molar-refractivity contribution in [2.75, 3.05) is 39.8 Å². The van der Waals surface area contributed by atoms with Gasteiger partial charge in [0.25, 0.3) is 0 Å². The molecule has 2 aliphatic rings. The summed E-state index contributed by atoms with van der Waals surface area (Å²) in [5, 5.41) is 15.0. The summed E-state index contributed by atoms with van der Waals surface area (Å²) in [5.74, 6) is 0.916. The Hall–Kier alpha value is -2.31. The van der Waals surface area contributed by atoms with Crippen molar-refractivity contribution in [1.82, 2.24) is 20.4 Å². The number of rotatable bonds is 10. The first kappa shape index (κ1) is 21.4. The zero-order chi connectivity index (χ0) is 20.5. The summed E-state index contributed by atoms with van der Waals surface area (Å²) in [4.78, 5) is 4.59. The van der Waals surface area contributed by atoms with E-state index in [2.05, 4.69) is 45.6 Å². The maximum absolute atomic E-state index is 8.22. The van der Waals surface area contributed by atoms with E-state index in [1.165, 1.54) is 18.4 Å². The smallest absolute Gasteiger partial charge is 0.124 e. The zero-order valence-electron chi connectivity index (χ0n) is 17.8. The molecule has 6 heteroatoms. The van der Waals surface area contributed by atoms with Crippen molar-refractivity contribution in [2.24, 2.45) is 0 Å². The van der Waals surface area contributed by atoms with Crippen LogP contribution in [-0.4, -0.2) is 55.3 Å². The summed E-state index contributed by atoms with van der Waals surface area (Å²) in [7, 11) is 1.74. The van der Waals surface area contributed by atoms with Crippen molar-refractivity contribution >= 4 is 5.71 Å². The molecular formula is C23H35N5O. The van der Waals surface area contributed by atoms with E-state index in [1.807, 2.05) is 18.5 Å². The second kappa shape index (κ2) is 11.0. The maximum atomic E-state index is 8.22. The minimum Gasteiger partial charge on any atom is -0.496 e. The predicted octanol–water partition coefficient (Wildman–Crippen LogP) is 3.07. The molecule has 1 fully saturated rings. The first-order valence-corrected chi connectivity index (χ1v) is 10.8. The largest absolute Gasteiger partial charge is 0.496 e. The van der Waals surface area contributed by atoms with Crippen molar-refractivity contribution in [1.29, 1.82) is 5.41 Å². The lowest BCUT2D eigenvalue weighted by Crippen LogP contribution is -2.42. The fourth-order valence-electron chi connectivity index (χ4n) is 3.76. The third-order valence-electron chi connectivity index (χ3n) is 5.48. The Labute approximate surface area is 175 Å². The molecule has 0 spiro atoms. The molecule has 6 nitrogen and oxygen atoms in total. The molecule has 0 unspecified atom stereocenters. The lowest BCUT2D eigenvalue weighted by molar-refractivity contribution is 0.233. The second-order valence-electron chi connectivity index (χ2n) is 7.72. The molecule has 1 aromatic carbocycles. The van der Waals surface area contributed by atoms with Crippen LogP contribution in [0, 0.1) is 5.41 Å². The van der Waals surface area contributed by atoms with Crippen LogP contribution in [0.25, 0.3) is 0 Å². The number of hydrogen-bond acceptors (Lipinski definition) is 6. The quantitative estimate of drug-likeness (QED) is 0.530. The van der Waals surface area contributed by atoms with Gasteiger partial charge in [-0.15, -0.1) is 0 Å². The van der Waals surface area contributed by atoms with Gasteiger partial charge in [-0.3, -0.25) is 10.3 Å². The third kappa shape index (κ3) is 6.08. The Morgan fingerprint density at radius 3 is 2.79 bits per heavy atom. The van der Waals surface area contributed by atoms with E-state index >= 15 is 0 Å². The topological polar surface area (TPSA) is 63.6 Å². The SMILES string of the molecule is CCCCCN/C=C1/C(=N)C=CN1Cc1ccc(CN2CCNCC2)cc1OC. The van der Waals surface area contributed by atoms with Crippen LogP contribution >= 0.6 is 0 Å². The molecule has 0 amide bonds. The molecule has 3 rings (SSSR count). The van der Waals surface area contributed by atoms with E-state index in [1.54, 1.807) is 7.11 Å². The maximum Gasteiger partial charge on any atom is 0.124 e. The Kier molecular flexibility index (Phi) is 8.14. The molecule has 2 aliphatic heterocycles. The average molecular weight is 398 g/mol. The highest BCUT2D eigenvalue weighted by Crippen LogP contribution is 2.26. The fourth-order valence-corrected chi connectivity index (χ4v) is 3.76. The molecule has 0 bridgehead atoms. The van der Waals surface area contributed by atoms with E-state index < -0.39 is 0 Å². The van der Waals surface area contributed by atoms with Gasteiger partial charge >= 0.3 is 0 Å². The number of unbranched alkanes of at least 4 members (excludes halogenated alkanes) is 2. The first-order valence-electron chi connectivity index (χ1n) is 10.8. The van der Waals surface area contributed by atoms with E-state index in [-0.39, 0.29) is 0 Å². The minimum absolute atomic E-state index is 0.544. The first-order chi connectivity index (χ1) is 14.2. The monoisotopic (exact) mass is 397 g/mol. The summed E-state index contributed by atoms with van der Waals surface area (Å²) in [6.45, 7) is 9.10. The lowest BCUT2D eigenvalue weighted by Gasteiger charge is -2.27. The van der Waals surface area contributed by atoms with Gasteiger partial charge in [0.15, 0.2) is 0 Å². The van der Waals surface area contributed by atoms with E-state index in [0.29, 0.717) is 12.3 Å². The number of nitrogens with one attached hydrogen (secondary N) is 3. The summed E-state index contributed by atoms with van der Waals surface area (Å²) < 4.78 is 5.70. The number of allylic oxidation sites excluding steroid dienone is 1. The van der Waals surface area contributed by atoms with Gasteiger partial charge < -0.3 is 20.3 Å². The van der Waals surface area contributed by atoms with Gasteiger partial charge in [0.05, 0.1) is 25.1 Å². The van der Waals surface area contributed by atoms with Crippen LogP contribution in [0.1, 0.15) is 37.3 Å². The fraction of sp³-hybridized carbons (Fsp3) is 0.522. The minimum atomic E-state index is 0.544. The van der Waals surface area contributed by atoms with Crippen LogP contribution < -0.4 is 15.4 Å². The summed E-state index contributed by atoms with van der Waals surface area (Å²) in [6, 6.07) is 6.53. The third-order valence-corrected chi connectivity index (χ3v) is 5.48. The highest BCUT2D eigenvalue weighted by atomic mass is 16.5. The van der Waals surface area contributed by atoms with E-state index in [4.69, 9.17) is 10.1 Å². The van der Waals surface area contributed by atoms with Crippen molar-refractivity contribution < 1.29 is 4.74 Å².